The van der Waals surface area contributed by atoms with Gasteiger partial charge in [-0.3, -0.25) is 9.13 Å². The van der Waals surface area contributed by atoms with E-state index in [-0.39, 0.29) is 29.9 Å². The van der Waals surface area contributed by atoms with E-state index >= 15 is 0 Å². The van der Waals surface area contributed by atoms with E-state index in [1.807, 2.05) is 42.8 Å². The van der Waals surface area contributed by atoms with Crippen LogP contribution >= 0.6 is 11.6 Å². The molecule has 0 aliphatic carbocycles. The van der Waals surface area contributed by atoms with Crippen LogP contribution in [0, 0.1) is 6.92 Å². The maximum absolute atomic E-state index is 12.9. The number of hydrogen-bond acceptors (Lipinski definition) is 5. The van der Waals surface area contributed by atoms with E-state index in [1.54, 1.807) is 10.6 Å². The molecular weight excluding hydrogens is 478 g/mol. The molecule has 1 saturated heterocycles. The number of nitrogens with zero attached hydrogens (tertiary/aromatic N) is 3. The van der Waals surface area contributed by atoms with Crippen LogP contribution in [0.25, 0.3) is 11.0 Å². The van der Waals surface area contributed by atoms with Crippen molar-refractivity contribution >= 4 is 22.6 Å². The molecule has 2 aliphatic rings. The van der Waals surface area contributed by atoms with Crippen molar-refractivity contribution in [2.45, 2.75) is 64.2 Å². The molecule has 2 unspecified atom stereocenters. The van der Waals surface area contributed by atoms with Gasteiger partial charge >= 0.3 is 5.69 Å². The maximum atomic E-state index is 12.9. The van der Waals surface area contributed by atoms with E-state index in [9.17, 15) is 9.90 Å². The first-order valence-corrected chi connectivity index (χ1v) is 13.2. The van der Waals surface area contributed by atoms with Gasteiger partial charge in [0, 0.05) is 55.3 Å². The number of piperidine rings is 1. The molecule has 36 heavy (non-hydrogen) atoms. The molecule has 3 heterocycles. The molecule has 2 aliphatic heterocycles. The van der Waals surface area contributed by atoms with Gasteiger partial charge in [0.1, 0.15) is 18.3 Å². The quantitative estimate of drug-likeness (QED) is 0.519. The van der Waals surface area contributed by atoms with Crippen LogP contribution in [-0.2, 0) is 7.05 Å². The number of para-hydroxylation sites is 2. The molecule has 2 atom stereocenters. The Kier molecular flexibility index (Phi) is 6.60. The lowest BCUT2D eigenvalue weighted by Crippen LogP contribution is -2.42. The van der Waals surface area contributed by atoms with Crippen LogP contribution in [0.15, 0.2) is 35.1 Å². The first-order valence-electron chi connectivity index (χ1n) is 12.8. The number of hydrogen-bond donors (Lipinski definition) is 1. The molecule has 1 aromatic heterocycles. The molecule has 8 heteroatoms. The highest BCUT2D eigenvalue weighted by Gasteiger charge is 2.41. The summed E-state index contributed by atoms with van der Waals surface area (Å²) in [5.74, 6) is 1.52. The van der Waals surface area contributed by atoms with Gasteiger partial charge in [-0.25, -0.2) is 4.79 Å². The Morgan fingerprint density at radius 1 is 1.22 bits per heavy atom. The summed E-state index contributed by atoms with van der Waals surface area (Å²) in [7, 11) is 1.83. The molecule has 2 aromatic carbocycles. The predicted octanol–water partition coefficient (Wildman–Crippen LogP) is 4.65. The minimum absolute atomic E-state index is 0.0343. The highest BCUT2D eigenvalue weighted by molar-refractivity contribution is 6.31. The highest BCUT2D eigenvalue weighted by atomic mass is 35.5. The van der Waals surface area contributed by atoms with Crippen molar-refractivity contribution in [3.8, 4) is 11.5 Å². The summed E-state index contributed by atoms with van der Waals surface area (Å²) in [6.45, 7) is 10.6. The second-order valence-electron chi connectivity index (χ2n) is 10.8. The van der Waals surface area contributed by atoms with Gasteiger partial charge in [-0.1, -0.05) is 30.7 Å². The summed E-state index contributed by atoms with van der Waals surface area (Å²) in [5, 5.41) is 11.4. The van der Waals surface area contributed by atoms with E-state index in [0.717, 1.165) is 53.8 Å². The number of rotatable bonds is 6. The van der Waals surface area contributed by atoms with Gasteiger partial charge in [-0.05, 0) is 51.3 Å². The van der Waals surface area contributed by atoms with Gasteiger partial charge in [-0.15, -0.1) is 0 Å². The summed E-state index contributed by atoms with van der Waals surface area (Å²) in [6, 6.07) is 9.90. The zero-order valence-corrected chi connectivity index (χ0v) is 22.5. The summed E-state index contributed by atoms with van der Waals surface area (Å²) in [4.78, 5) is 15.1. The molecule has 0 radical (unpaired) electrons. The van der Waals surface area contributed by atoms with Crippen LogP contribution in [0.4, 0.5) is 0 Å². The summed E-state index contributed by atoms with van der Waals surface area (Å²) >= 11 is 6.51. The van der Waals surface area contributed by atoms with Crippen molar-refractivity contribution in [2.75, 3.05) is 26.2 Å². The Labute approximate surface area is 217 Å². The highest BCUT2D eigenvalue weighted by Crippen LogP contribution is 2.52. The standard InChI is InChI=1S/C28H36ClN3O4/c1-17-21(29)14-24(26-25(17)18(2)28(3,4)36-26)35-16-20(33)15-31-12-10-19(11-13-31)32-23-9-7-6-8-22(23)30(5)27(32)34/h6-9,14,18-20,33H,10-13,15-16H2,1-5H3. The number of ether oxygens (including phenoxy) is 2. The number of β-amino-alcohol motifs (C(OH)–C–C–N with tert-alkyl or cyclic N) is 1. The fourth-order valence-electron chi connectivity index (χ4n) is 5.72. The van der Waals surface area contributed by atoms with Crippen LogP contribution < -0.4 is 15.2 Å². The molecule has 1 N–H and O–H groups in total. The molecule has 3 aromatic rings. The van der Waals surface area contributed by atoms with Crippen LogP contribution in [-0.4, -0.2) is 57.1 Å². The lowest BCUT2D eigenvalue weighted by Gasteiger charge is -2.33. The molecule has 0 saturated carbocycles. The Hall–Kier alpha value is -2.48. The van der Waals surface area contributed by atoms with Gasteiger partial charge in [0.25, 0.3) is 0 Å². The third-order valence-corrected chi connectivity index (χ3v) is 8.54. The normalized spacial score (nSPS) is 20.9. The van der Waals surface area contributed by atoms with Crippen LogP contribution in [0.5, 0.6) is 11.5 Å². The monoisotopic (exact) mass is 513 g/mol. The first kappa shape index (κ1) is 25.2. The van der Waals surface area contributed by atoms with Crippen LogP contribution in [0.1, 0.15) is 56.7 Å². The molecule has 5 rings (SSSR count). The Morgan fingerprint density at radius 3 is 2.58 bits per heavy atom. The van der Waals surface area contributed by atoms with Crippen LogP contribution in [0.3, 0.4) is 0 Å². The number of fused-ring (bicyclic) bond motifs is 2. The summed E-state index contributed by atoms with van der Waals surface area (Å²) in [6.07, 6.45) is 1.08. The topological polar surface area (TPSA) is 68.9 Å². The van der Waals surface area contributed by atoms with Gasteiger partial charge in [0.05, 0.1) is 11.0 Å². The number of aromatic nitrogens is 2. The molecule has 0 bridgehead atoms. The third kappa shape index (κ3) is 4.31. The van der Waals surface area contributed by atoms with Crippen LogP contribution in [0.2, 0.25) is 5.02 Å². The number of benzene rings is 2. The van der Waals surface area contributed by atoms with E-state index in [2.05, 4.69) is 25.7 Å². The Bertz CT molecular complexity index is 1340. The molecular formula is C28H36ClN3O4. The minimum atomic E-state index is -0.649. The first-order chi connectivity index (χ1) is 17.1. The van der Waals surface area contributed by atoms with E-state index in [0.29, 0.717) is 17.3 Å². The van der Waals surface area contributed by atoms with Crippen molar-refractivity contribution in [1.29, 1.82) is 0 Å². The summed E-state index contributed by atoms with van der Waals surface area (Å²) < 4.78 is 16.0. The molecule has 0 amide bonds. The van der Waals surface area contributed by atoms with Crippen molar-refractivity contribution in [1.82, 2.24) is 14.0 Å². The van der Waals surface area contributed by atoms with Crippen molar-refractivity contribution in [3.05, 3.63) is 57.0 Å². The molecule has 0 spiro atoms. The molecule has 1 fully saturated rings. The lowest BCUT2D eigenvalue weighted by atomic mass is 9.86. The smallest absolute Gasteiger partial charge is 0.329 e. The van der Waals surface area contributed by atoms with E-state index in [1.165, 1.54) is 0 Å². The number of aliphatic hydroxyl groups excluding tert-OH is 1. The average Bonchev–Trinajstić information content (AvgIpc) is 3.25. The van der Waals surface area contributed by atoms with E-state index < -0.39 is 6.10 Å². The lowest BCUT2D eigenvalue weighted by molar-refractivity contribution is 0.0530. The van der Waals surface area contributed by atoms with Gasteiger partial charge in [0.15, 0.2) is 11.5 Å². The number of aryl methyl sites for hydroxylation is 1. The second kappa shape index (κ2) is 9.43. The fourth-order valence-corrected chi connectivity index (χ4v) is 5.92. The largest absolute Gasteiger partial charge is 0.487 e. The zero-order chi connectivity index (χ0) is 25.8. The van der Waals surface area contributed by atoms with Crippen molar-refractivity contribution in [3.63, 3.8) is 0 Å². The second-order valence-corrected chi connectivity index (χ2v) is 11.3. The van der Waals surface area contributed by atoms with Crippen molar-refractivity contribution in [2.24, 2.45) is 7.05 Å². The predicted molar refractivity (Wildman–Crippen MR) is 143 cm³/mol. The SMILES string of the molecule is Cc1c(Cl)cc(OCC(O)CN2CCC(n3c(=O)n(C)c4ccccc43)CC2)c2c1C(C)C(C)(C)O2. The average molecular weight is 514 g/mol. The van der Waals surface area contributed by atoms with Crippen molar-refractivity contribution < 1.29 is 14.6 Å². The Balaban J connectivity index is 1.20. The van der Waals surface area contributed by atoms with Gasteiger partial charge in [0.2, 0.25) is 0 Å². The molecule has 7 nitrogen and oxygen atoms in total. The number of aliphatic hydroxyl groups is 1. The zero-order valence-electron chi connectivity index (χ0n) is 21.8. The summed E-state index contributed by atoms with van der Waals surface area (Å²) in [5.41, 5.74) is 3.74. The van der Waals surface area contributed by atoms with Gasteiger partial charge in [-0.2, -0.15) is 0 Å². The Morgan fingerprint density at radius 2 is 1.89 bits per heavy atom. The van der Waals surface area contributed by atoms with E-state index in [4.69, 9.17) is 21.1 Å². The number of likely N-dealkylation sites (tertiary alicyclic amines) is 1. The maximum Gasteiger partial charge on any atom is 0.329 e. The number of imidazole rings is 1. The third-order valence-electron chi connectivity index (χ3n) is 8.15. The molecule has 194 valence electrons. The minimum Gasteiger partial charge on any atom is -0.487 e. The fraction of sp³-hybridized carbons (Fsp3) is 0.536. The van der Waals surface area contributed by atoms with Gasteiger partial charge < -0.3 is 19.5 Å². The number of halogens is 1.